The first-order valence-corrected chi connectivity index (χ1v) is 7.81. The molecule has 1 amide bonds. The van der Waals surface area contributed by atoms with Crippen molar-refractivity contribution >= 4 is 5.91 Å². The Morgan fingerprint density at radius 2 is 1.86 bits per heavy atom. The predicted octanol–water partition coefficient (Wildman–Crippen LogP) is 2.26. The second kappa shape index (κ2) is 6.28. The summed E-state index contributed by atoms with van der Waals surface area (Å²) >= 11 is 0. The van der Waals surface area contributed by atoms with Gasteiger partial charge >= 0.3 is 0 Å². The van der Waals surface area contributed by atoms with Gasteiger partial charge in [0.15, 0.2) is 0 Å². The van der Waals surface area contributed by atoms with E-state index in [4.69, 9.17) is 5.26 Å². The van der Waals surface area contributed by atoms with Crippen molar-refractivity contribution in [3.63, 3.8) is 0 Å². The Bertz CT molecular complexity index is 540. The first kappa shape index (κ1) is 14.1. The van der Waals surface area contributed by atoms with Crippen molar-refractivity contribution in [2.45, 2.75) is 31.7 Å². The van der Waals surface area contributed by atoms with Gasteiger partial charge in [0, 0.05) is 24.7 Å². The molecule has 0 spiro atoms. The van der Waals surface area contributed by atoms with Gasteiger partial charge in [0.1, 0.15) is 0 Å². The molecule has 2 saturated heterocycles. The largest absolute Gasteiger partial charge is 0.334 e. The molecule has 0 radical (unpaired) electrons. The lowest BCUT2D eigenvalue weighted by Crippen LogP contribution is -2.42. The van der Waals surface area contributed by atoms with Crippen LogP contribution in [-0.2, 0) is 0 Å². The summed E-state index contributed by atoms with van der Waals surface area (Å²) < 4.78 is 0. The van der Waals surface area contributed by atoms with Gasteiger partial charge < -0.3 is 9.80 Å². The van der Waals surface area contributed by atoms with Gasteiger partial charge in [-0.2, -0.15) is 5.26 Å². The van der Waals surface area contributed by atoms with E-state index in [0.717, 1.165) is 25.9 Å². The molecule has 1 aromatic carbocycles. The van der Waals surface area contributed by atoms with E-state index in [-0.39, 0.29) is 5.91 Å². The van der Waals surface area contributed by atoms with Gasteiger partial charge in [-0.3, -0.25) is 4.79 Å². The summed E-state index contributed by atoms with van der Waals surface area (Å²) in [4.78, 5) is 17.2. The molecule has 4 heteroatoms. The van der Waals surface area contributed by atoms with E-state index in [1.807, 2.05) is 4.90 Å². The van der Waals surface area contributed by atoms with Crippen LogP contribution >= 0.6 is 0 Å². The summed E-state index contributed by atoms with van der Waals surface area (Å²) in [7, 11) is 0. The average molecular weight is 283 g/mol. The second-order valence-corrected chi connectivity index (χ2v) is 5.99. The maximum Gasteiger partial charge on any atom is 0.254 e. The SMILES string of the molecule is N#Cc1ccc(C(=O)N2CCC[C@H]2CN2CCCC2)cc1. The van der Waals surface area contributed by atoms with E-state index in [1.54, 1.807) is 24.3 Å². The van der Waals surface area contributed by atoms with Crippen LogP contribution < -0.4 is 0 Å². The van der Waals surface area contributed by atoms with Crippen molar-refractivity contribution in [3.8, 4) is 6.07 Å². The van der Waals surface area contributed by atoms with Crippen LogP contribution in [0, 0.1) is 11.3 Å². The molecular weight excluding hydrogens is 262 g/mol. The van der Waals surface area contributed by atoms with E-state index < -0.39 is 0 Å². The highest BCUT2D eigenvalue weighted by Crippen LogP contribution is 2.22. The molecule has 0 aliphatic carbocycles. The molecule has 0 bridgehead atoms. The number of carbonyl (C=O) groups is 1. The molecule has 3 rings (SSSR count). The van der Waals surface area contributed by atoms with Crippen LogP contribution in [-0.4, -0.2) is 47.9 Å². The van der Waals surface area contributed by atoms with E-state index in [2.05, 4.69) is 11.0 Å². The molecule has 0 N–H and O–H groups in total. The summed E-state index contributed by atoms with van der Waals surface area (Å²) in [5, 5.41) is 8.83. The van der Waals surface area contributed by atoms with E-state index >= 15 is 0 Å². The van der Waals surface area contributed by atoms with Crippen LogP contribution in [0.3, 0.4) is 0 Å². The van der Waals surface area contributed by atoms with Crippen LogP contribution in [0.5, 0.6) is 0 Å². The third-order valence-corrected chi connectivity index (χ3v) is 4.57. The third-order valence-electron chi connectivity index (χ3n) is 4.57. The molecule has 21 heavy (non-hydrogen) atoms. The molecule has 1 aromatic rings. The number of amides is 1. The zero-order chi connectivity index (χ0) is 14.7. The van der Waals surface area contributed by atoms with Gasteiger partial charge in [-0.15, -0.1) is 0 Å². The number of hydrogen-bond acceptors (Lipinski definition) is 3. The molecule has 0 unspecified atom stereocenters. The fraction of sp³-hybridized carbons (Fsp3) is 0.529. The molecule has 0 saturated carbocycles. The first-order chi connectivity index (χ1) is 10.3. The van der Waals surface area contributed by atoms with Crippen LogP contribution in [0.2, 0.25) is 0 Å². The molecule has 2 heterocycles. The number of nitriles is 1. The average Bonchev–Trinajstić information content (AvgIpc) is 3.19. The van der Waals surface area contributed by atoms with Crippen molar-refractivity contribution in [1.82, 2.24) is 9.80 Å². The minimum Gasteiger partial charge on any atom is -0.334 e. The molecule has 4 nitrogen and oxygen atoms in total. The highest BCUT2D eigenvalue weighted by atomic mass is 16.2. The number of likely N-dealkylation sites (tertiary alicyclic amines) is 2. The van der Waals surface area contributed by atoms with Gasteiger partial charge in [-0.1, -0.05) is 0 Å². The summed E-state index contributed by atoms with van der Waals surface area (Å²) in [6.07, 6.45) is 4.78. The van der Waals surface area contributed by atoms with Gasteiger partial charge in [0.05, 0.1) is 11.6 Å². The van der Waals surface area contributed by atoms with Gasteiger partial charge in [-0.05, 0) is 63.0 Å². The molecular formula is C17H21N3O. The lowest BCUT2D eigenvalue weighted by atomic mass is 10.1. The molecule has 2 aliphatic rings. The highest BCUT2D eigenvalue weighted by Gasteiger charge is 2.31. The first-order valence-electron chi connectivity index (χ1n) is 7.81. The van der Waals surface area contributed by atoms with Crippen molar-refractivity contribution in [1.29, 1.82) is 5.26 Å². The molecule has 1 atom stereocenters. The Kier molecular flexibility index (Phi) is 4.21. The number of hydrogen-bond donors (Lipinski definition) is 0. The Hall–Kier alpha value is -1.86. The summed E-state index contributed by atoms with van der Waals surface area (Å²) in [5.41, 5.74) is 1.30. The Morgan fingerprint density at radius 1 is 1.14 bits per heavy atom. The zero-order valence-electron chi connectivity index (χ0n) is 12.3. The number of benzene rings is 1. The van der Waals surface area contributed by atoms with Crippen molar-refractivity contribution in [3.05, 3.63) is 35.4 Å². The molecule has 2 aliphatic heterocycles. The standard InChI is InChI=1S/C17H21N3O/c18-12-14-5-7-15(8-6-14)17(21)20-11-3-4-16(20)13-19-9-1-2-10-19/h5-8,16H,1-4,9-11,13H2/t16-/m0/s1. The summed E-state index contributed by atoms with van der Waals surface area (Å²) in [5.74, 6) is 0.112. The smallest absolute Gasteiger partial charge is 0.254 e. The molecule has 0 aromatic heterocycles. The van der Waals surface area contributed by atoms with E-state index in [1.165, 1.54) is 25.9 Å². The Morgan fingerprint density at radius 3 is 2.52 bits per heavy atom. The fourth-order valence-electron chi connectivity index (χ4n) is 3.41. The van der Waals surface area contributed by atoms with Gasteiger partial charge in [0.2, 0.25) is 0 Å². The number of rotatable bonds is 3. The zero-order valence-corrected chi connectivity index (χ0v) is 12.3. The topological polar surface area (TPSA) is 47.3 Å². The Balaban J connectivity index is 1.68. The Labute approximate surface area is 126 Å². The summed E-state index contributed by atoms with van der Waals surface area (Å²) in [6, 6.07) is 9.42. The predicted molar refractivity (Wildman–Crippen MR) is 80.9 cm³/mol. The fourth-order valence-corrected chi connectivity index (χ4v) is 3.41. The van der Waals surface area contributed by atoms with Crippen molar-refractivity contribution in [2.75, 3.05) is 26.2 Å². The summed E-state index contributed by atoms with van der Waals surface area (Å²) in [6.45, 7) is 4.23. The van der Waals surface area contributed by atoms with Crippen LogP contribution in [0.1, 0.15) is 41.6 Å². The lowest BCUT2D eigenvalue weighted by Gasteiger charge is -2.28. The van der Waals surface area contributed by atoms with Crippen LogP contribution in [0.15, 0.2) is 24.3 Å². The lowest BCUT2D eigenvalue weighted by molar-refractivity contribution is 0.0709. The van der Waals surface area contributed by atoms with Crippen molar-refractivity contribution < 1.29 is 4.79 Å². The quantitative estimate of drug-likeness (QED) is 0.855. The van der Waals surface area contributed by atoms with Gasteiger partial charge in [-0.25, -0.2) is 0 Å². The van der Waals surface area contributed by atoms with Crippen LogP contribution in [0.4, 0.5) is 0 Å². The molecule has 2 fully saturated rings. The maximum atomic E-state index is 12.7. The van der Waals surface area contributed by atoms with Gasteiger partial charge in [0.25, 0.3) is 5.91 Å². The normalized spacial score (nSPS) is 22.4. The van der Waals surface area contributed by atoms with E-state index in [0.29, 0.717) is 17.2 Å². The highest BCUT2D eigenvalue weighted by molar-refractivity contribution is 5.94. The third kappa shape index (κ3) is 3.08. The minimum absolute atomic E-state index is 0.112. The van der Waals surface area contributed by atoms with Crippen LogP contribution in [0.25, 0.3) is 0 Å². The monoisotopic (exact) mass is 283 g/mol. The number of carbonyl (C=O) groups excluding carboxylic acids is 1. The number of nitrogens with zero attached hydrogens (tertiary/aromatic N) is 3. The van der Waals surface area contributed by atoms with Crippen molar-refractivity contribution in [2.24, 2.45) is 0 Å². The second-order valence-electron chi connectivity index (χ2n) is 5.99. The van der Waals surface area contributed by atoms with E-state index in [9.17, 15) is 4.79 Å². The maximum absolute atomic E-state index is 12.7. The molecule has 110 valence electrons. The minimum atomic E-state index is 0.112.